The molecule has 0 fully saturated rings. The lowest BCUT2D eigenvalue weighted by Gasteiger charge is -2.12. The van der Waals surface area contributed by atoms with E-state index in [1.807, 2.05) is 0 Å². The lowest BCUT2D eigenvalue weighted by Crippen LogP contribution is -2.04. The molecule has 0 spiro atoms. The first-order valence-electron chi connectivity index (χ1n) is 3.77. The van der Waals surface area contributed by atoms with E-state index < -0.39 is 11.9 Å². The molecule has 4 heteroatoms. The van der Waals surface area contributed by atoms with Crippen molar-refractivity contribution >= 4 is 15.9 Å². The molecule has 1 atom stereocenters. The van der Waals surface area contributed by atoms with Crippen molar-refractivity contribution in [2.45, 2.75) is 6.10 Å². The number of benzene rings is 1. The average molecular weight is 249 g/mol. The number of methoxy groups -OCH3 is 1. The normalized spacial score (nSPS) is 12.6. The van der Waals surface area contributed by atoms with Gasteiger partial charge in [0, 0.05) is 5.33 Å². The van der Waals surface area contributed by atoms with Crippen molar-refractivity contribution < 1.29 is 14.2 Å². The van der Waals surface area contributed by atoms with Gasteiger partial charge in [-0.1, -0.05) is 22.0 Å². The van der Waals surface area contributed by atoms with Gasteiger partial charge in [-0.3, -0.25) is 0 Å². The molecule has 0 aliphatic rings. The van der Waals surface area contributed by atoms with Crippen molar-refractivity contribution in [3.8, 4) is 5.75 Å². The molecule has 0 heterocycles. The highest BCUT2D eigenvalue weighted by molar-refractivity contribution is 9.09. The Morgan fingerprint density at radius 1 is 1.62 bits per heavy atom. The van der Waals surface area contributed by atoms with E-state index in [0.29, 0.717) is 5.75 Å². The Kier molecular flexibility index (Phi) is 3.69. The van der Waals surface area contributed by atoms with Gasteiger partial charge in [-0.05, 0) is 12.1 Å². The van der Waals surface area contributed by atoms with Crippen LogP contribution in [0.3, 0.4) is 0 Å². The summed E-state index contributed by atoms with van der Waals surface area (Å²) < 4.78 is 18.1. The third-order valence-corrected chi connectivity index (χ3v) is 2.33. The van der Waals surface area contributed by atoms with Crippen LogP contribution in [0.25, 0.3) is 0 Å². The molecule has 1 rings (SSSR count). The van der Waals surface area contributed by atoms with Gasteiger partial charge in [0.05, 0.1) is 18.8 Å². The minimum absolute atomic E-state index is 0.196. The van der Waals surface area contributed by atoms with Gasteiger partial charge in [0.1, 0.15) is 11.6 Å². The molecular formula is C9H10BrFO2. The molecule has 0 radical (unpaired) electrons. The molecule has 0 saturated heterocycles. The SMILES string of the molecule is COc1cccc(F)c1[C@H](O)CBr. The molecule has 0 aliphatic carbocycles. The third kappa shape index (κ3) is 2.19. The van der Waals surface area contributed by atoms with Crippen molar-refractivity contribution in [2.75, 3.05) is 12.4 Å². The first-order chi connectivity index (χ1) is 6.20. The van der Waals surface area contributed by atoms with Crippen LogP contribution in [0.2, 0.25) is 0 Å². The zero-order valence-corrected chi connectivity index (χ0v) is 8.71. The quantitative estimate of drug-likeness (QED) is 0.832. The van der Waals surface area contributed by atoms with Crippen LogP contribution < -0.4 is 4.74 Å². The lowest BCUT2D eigenvalue weighted by atomic mass is 10.1. The maximum absolute atomic E-state index is 13.2. The molecule has 0 saturated carbocycles. The fourth-order valence-corrected chi connectivity index (χ4v) is 1.42. The second-order valence-corrected chi connectivity index (χ2v) is 3.17. The van der Waals surface area contributed by atoms with Gasteiger partial charge in [0.2, 0.25) is 0 Å². The number of rotatable bonds is 3. The van der Waals surface area contributed by atoms with E-state index in [9.17, 15) is 9.50 Å². The number of halogens is 2. The first kappa shape index (κ1) is 10.5. The maximum Gasteiger partial charge on any atom is 0.132 e. The van der Waals surface area contributed by atoms with E-state index in [-0.39, 0.29) is 10.9 Å². The highest BCUT2D eigenvalue weighted by Crippen LogP contribution is 2.28. The highest BCUT2D eigenvalue weighted by atomic mass is 79.9. The Bertz CT molecular complexity index is 291. The molecule has 1 aromatic rings. The standard InChI is InChI=1S/C9H10BrFO2/c1-13-8-4-2-3-6(11)9(8)7(12)5-10/h2-4,7,12H,5H2,1H3/t7-/m1/s1. The van der Waals surface area contributed by atoms with Crippen LogP contribution in [-0.4, -0.2) is 17.5 Å². The van der Waals surface area contributed by atoms with Crippen LogP contribution in [0.5, 0.6) is 5.75 Å². The number of aliphatic hydroxyl groups excluding tert-OH is 1. The van der Waals surface area contributed by atoms with Gasteiger partial charge in [-0.2, -0.15) is 0 Å². The molecular weight excluding hydrogens is 239 g/mol. The molecule has 1 N–H and O–H groups in total. The van der Waals surface area contributed by atoms with Crippen LogP contribution >= 0.6 is 15.9 Å². The Balaban J connectivity index is 3.14. The fraction of sp³-hybridized carbons (Fsp3) is 0.333. The average Bonchev–Trinajstić information content (AvgIpc) is 2.16. The van der Waals surface area contributed by atoms with Crippen molar-refractivity contribution in [2.24, 2.45) is 0 Å². The lowest BCUT2D eigenvalue weighted by molar-refractivity contribution is 0.194. The smallest absolute Gasteiger partial charge is 0.132 e. The van der Waals surface area contributed by atoms with Gasteiger partial charge in [0.15, 0.2) is 0 Å². The molecule has 0 unspecified atom stereocenters. The second kappa shape index (κ2) is 4.58. The summed E-state index contributed by atoms with van der Waals surface area (Å²) in [5.74, 6) is -0.0850. The van der Waals surface area contributed by atoms with Crippen LogP contribution in [0.1, 0.15) is 11.7 Å². The summed E-state index contributed by atoms with van der Waals surface area (Å²) >= 11 is 3.08. The van der Waals surface area contributed by atoms with Crippen molar-refractivity contribution in [3.05, 3.63) is 29.6 Å². The summed E-state index contributed by atoms with van der Waals surface area (Å²) in [6.07, 6.45) is -0.879. The molecule has 1 aromatic carbocycles. The molecule has 0 aliphatic heterocycles. The third-order valence-electron chi connectivity index (χ3n) is 1.71. The summed E-state index contributed by atoms with van der Waals surface area (Å²) in [6.45, 7) is 0. The molecule has 0 bridgehead atoms. The summed E-state index contributed by atoms with van der Waals surface area (Å²) in [5.41, 5.74) is 0.196. The zero-order valence-electron chi connectivity index (χ0n) is 7.13. The molecule has 72 valence electrons. The summed E-state index contributed by atoms with van der Waals surface area (Å²) in [7, 11) is 1.44. The number of alkyl halides is 1. The minimum atomic E-state index is -0.879. The van der Waals surface area contributed by atoms with Crippen LogP contribution in [-0.2, 0) is 0 Å². The number of hydrogen-bond acceptors (Lipinski definition) is 2. The maximum atomic E-state index is 13.2. The summed E-state index contributed by atoms with van der Waals surface area (Å²) in [6, 6.07) is 4.45. The Morgan fingerprint density at radius 3 is 2.85 bits per heavy atom. The predicted molar refractivity (Wildman–Crippen MR) is 51.7 cm³/mol. The van der Waals surface area contributed by atoms with E-state index in [2.05, 4.69) is 15.9 Å². The van der Waals surface area contributed by atoms with Gasteiger partial charge in [0.25, 0.3) is 0 Å². The number of hydrogen-bond donors (Lipinski definition) is 1. The van der Waals surface area contributed by atoms with Crippen molar-refractivity contribution in [1.29, 1.82) is 0 Å². The van der Waals surface area contributed by atoms with Gasteiger partial charge in [-0.15, -0.1) is 0 Å². The fourth-order valence-electron chi connectivity index (χ4n) is 1.10. The Hall–Kier alpha value is -0.610. The van der Waals surface area contributed by atoms with Gasteiger partial charge >= 0.3 is 0 Å². The second-order valence-electron chi connectivity index (χ2n) is 2.53. The zero-order chi connectivity index (χ0) is 9.84. The molecule has 0 aromatic heterocycles. The largest absolute Gasteiger partial charge is 0.496 e. The Labute approximate surface area is 84.5 Å². The number of ether oxygens (including phenoxy) is 1. The first-order valence-corrected chi connectivity index (χ1v) is 4.89. The van der Waals surface area contributed by atoms with Crippen molar-refractivity contribution in [3.63, 3.8) is 0 Å². The van der Waals surface area contributed by atoms with E-state index in [1.165, 1.54) is 13.2 Å². The topological polar surface area (TPSA) is 29.5 Å². The van der Waals surface area contributed by atoms with Crippen LogP contribution in [0.4, 0.5) is 4.39 Å². The van der Waals surface area contributed by atoms with Crippen LogP contribution in [0.15, 0.2) is 18.2 Å². The molecule has 13 heavy (non-hydrogen) atoms. The minimum Gasteiger partial charge on any atom is -0.496 e. The van der Waals surface area contributed by atoms with Crippen LogP contribution in [0, 0.1) is 5.82 Å². The predicted octanol–water partition coefficient (Wildman–Crippen LogP) is 2.26. The Morgan fingerprint density at radius 2 is 2.31 bits per heavy atom. The molecule has 2 nitrogen and oxygen atoms in total. The summed E-state index contributed by atoms with van der Waals surface area (Å²) in [5, 5.41) is 9.74. The van der Waals surface area contributed by atoms with Gasteiger partial charge < -0.3 is 9.84 Å². The number of aliphatic hydroxyl groups is 1. The van der Waals surface area contributed by atoms with E-state index >= 15 is 0 Å². The monoisotopic (exact) mass is 248 g/mol. The van der Waals surface area contributed by atoms with E-state index in [0.717, 1.165) is 0 Å². The van der Waals surface area contributed by atoms with Gasteiger partial charge in [-0.25, -0.2) is 4.39 Å². The van der Waals surface area contributed by atoms with E-state index in [1.54, 1.807) is 12.1 Å². The summed E-state index contributed by atoms with van der Waals surface area (Å²) in [4.78, 5) is 0. The van der Waals surface area contributed by atoms with E-state index in [4.69, 9.17) is 4.74 Å². The highest BCUT2D eigenvalue weighted by Gasteiger charge is 2.16. The van der Waals surface area contributed by atoms with Crippen molar-refractivity contribution in [1.82, 2.24) is 0 Å². The molecule has 0 amide bonds.